The molecule has 1 aliphatic carbocycles. The van der Waals surface area contributed by atoms with Crippen LogP contribution < -0.4 is 10.6 Å². The zero-order valence-corrected chi connectivity index (χ0v) is 15.1. The van der Waals surface area contributed by atoms with Crippen LogP contribution in [0.4, 0.5) is 13.2 Å². The number of para-hydroxylation sites is 1. The maximum Gasteiger partial charge on any atom is 0.392 e. The maximum atomic E-state index is 12.9. The summed E-state index contributed by atoms with van der Waals surface area (Å²) >= 11 is 0. The topological polar surface area (TPSA) is 54.0 Å². The van der Waals surface area contributed by atoms with Crippen LogP contribution in [0.3, 0.4) is 0 Å². The van der Waals surface area contributed by atoms with E-state index in [-0.39, 0.29) is 18.7 Å². The summed E-state index contributed by atoms with van der Waals surface area (Å²) in [6, 6.07) is 7.35. The van der Waals surface area contributed by atoms with Crippen LogP contribution in [0.25, 0.3) is 16.5 Å². The fourth-order valence-corrected chi connectivity index (χ4v) is 3.32. The Kier molecular flexibility index (Phi) is 5.79. The van der Waals surface area contributed by atoms with Crippen LogP contribution in [0.15, 0.2) is 36.5 Å². The standard InChI is InChI=1S/C20H22F3N3O/c1-24-9-10-25-19(27)15-11-14-3-2-4-17(18(14)26-12-15)13-5-7-16(8-6-13)20(21,22)23/h2-5,11-12,16,24H,6-10H2,1H3,(H,25,27). The van der Waals surface area contributed by atoms with Gasteiger partial charge in [-0.3, -0.25) is 9.78 Å². The van der Waals surface area contributed by atoms with Gasteiger partial charge in [-0.05, 0) is 37.9 Å². The molecular formula is C20H22F3N3O. The minimum atomic E-state index is -4.14. The number of carbonyl (C=O) groups excluding carboxylic acids is 1. The van der Waals surface area contributed by atoms with E-state index in [1.54, 1.807) is 12.1 Å². The third kappa shape index (κ3) is 4.47. The second-order valence-corrected chi connectivity index (χ2v) is 6.70. The van der Waals surface area contributed by atoms with Gasteiger partial charge in [0.15, 0.2) is 0 Å². The summed E-state index contributed by atoms with van der Waals surface area (Å²) in [6.07, 6.45) is -0.483. The van der Waals surface area contributed by atoms with Crippen LogP contribution in [0, 0.1) is 5.92 Å². The molecule has 0 bridgehead atoms. The van der Waals surface area contributed by atoms with Gasteiger partial charge in [0.2, 0.25) is 0 Å². The molecule has 4 nitrogen and oxygen atoms in total. The van der Waals surface area contributed by atoms with Gasteiger partial charge >= 0.3 is 6.18 Å². The number of rotatable bonds is 5. The van der Waals surface area contributed by atoms with Crippen LogP contribution in [-0.2, 0) is 0 Å². The van der Waals surface area contributed by atoms with Crippen LogP contribution in [0.1, 0.15) is 35.2 Å². The molecule has 0 spiro atoms. The molecular weight excluding hydrogens is 355 g/mol. The van der Waals surface area contributed by atoms with Gasteiger partial charge < -0.3 is 10.6 Å². The van der Waals surface area contributed by atoms with Crippen molar-refractivity contribution in [2.75, 3.05) is 20.1 Å². The summed E-state index contributed by atoms with van der Waals surface area (Å²) in [5, 5.41) is 6.55. The number of amides is 1. The fourth-order valence-electron chi connectivity index (χ4n) is 3.32. The first-order valence-corrected chi connectivity index (χ1v) is 8.98. The van der Waals surface area contributed by atoms with Gasteiger partial charge in [0.05, 0.1) is 17.0 Å². The van der Waals surface area contributed by atoms with Crippen LogP contribution in [0.5, 0.6) is 0 Å². The van der Waals surface area contributed by atoms with Crippen molar-refractivity contribution in [2.45, 2.75) is 25.4 Å². The second-order valence-electron chi connectivity index (χ2n) is 6.70. The molecule has 7 heteroatoms. The van der Waals surface area contributed by atoms with Gasteiger partial charge in [0, 0.05) is 30.2 Å². The average Bonchev–Trinajstić information content (AvgIpc) is 2.66. The van der Waals surface area contributed by atoms with E-state index in [0.29, 0.717) is 30.6 Å². The Morgan fingerprint density at radius 1 is 1.30 bits per heavy atom. The third-order valence-corrected chi connectivity index (χ3v) is 4.85. The van der Waals surface area contributed by atoms with Crippen LogP contribution in [-0.4, -0.2) is 37.2 Å². The predicted molar refractivity (Wildman–Crippen MR) is 99.4 cm³/mol. The van der Waals surface area contributed by atoms with E-state index < -0.39 is 12.1 Å². The average molecular weight is 377 g/mol. The molecule has 1 aromatic heterocycles. The number of nitrogens with one attached hydrogen (secondary N) is 2. The molecule has 1 amide bonds. The Bertz CT molecular complexity index is 861. The molecule has 0 saturated carbocycles. The van der Waals surface area contributed by atoms with Gasteiger partial charge in [-0.1, -0.05) is 24.3 Å². The summed E-state index contributed by atoms with van der Waals surface area (Å²) in [6.45, 7) is 1.19. The highest BCUT2D eigenvalue weighted by Gasteiger charge is 2.39. The number of halogens is 3. The van der Waals surface area contributed by atoms with Gasteiger partial charge in [0.25, 0.3) is 5.91 Å². The summed E-state index contributed by atoms with van der Waals surface area (Å²) in [7, 11) is 1.81. The molecule has 0 saturated heterocycles. The number of fused-ring (bicyclic) bond motifs is 1. The van der Waals surface area contributed by atoms with Crippen molar-refractivity contribution in [1.29, 1.82) is 0 Å². The number of hydrogen-bond donors (Lipinski definition) is 2. The van der Waals surface area contributed by atoms with Gasteiger partial charge in [0.1, 0.15) is 0 Å². The lowest BCUT2D eigenvalue weighted by atomic mass is 9.85. The quantitative estimate of drug-likeness (QED) is 0.777. The molecule has 0 aliphatic heterocycles. The number of hydrogen-bond acceptors (Lipinski definition) is 3. The summed E-state index contributed by atoms with van der Waals surface area (Å²) in [4.78, 5) is 16.6. The zero-order chi connectivity index (χ0) is 19.4. The van der Waals surface area contributed by atoms with E-state index in [9.17, 15) is 18.0 Å². The molecule has 0 fully saturated rings. The minimum absolute atomic E-state index is 0.00117. The van der Waals surface area contributed by atoms with Gasteiger partial charge in [-0.2, -0.15) is 13.2 Å². The summed E-state index contributed by atoms with van der Waals surface area (Å²) < 4.78 is 38.6. The Balaban J connectivity index is 1.84. The predicted octanol–water partition coefficient (Wildman–Crippen LogP) is 3.93. The van der Waals surface area contributed by atoms with Crippen molar-refractivity contribution in [3.05, 3.63) is 47.7 Å². The largest absolute Gasteiger partial charge is 0.392 e. The first-order valence-electron chi connectivity index (χ1n) is 8.98. The smallest absolute Gasteiger partial charge is 0.351 e. The van der Waals surface area contributed by atoms with E-state index in [4.69, 9.17) is 0 Å². The lowest BCUT2D eigenvalue weighted by Gasteiger charge is -2.24. The molecule has 27 heavy (non-hydrogen) atoms. The van der Waals surface area contributed by atoms with Crippen LogP contribution in [0.2, 0.25) is 0 Å². The number of allylic oxidation sites excluding steroid dienone is 2. The number of alkyl halides is 3. The van der Waals surface area contributed by atoms with Crippen molar-refractivity contribution in [1.82, 2.24) is 15.6 Å². The molecule has 2 aromatic rings. The van der Waals surface area contributed by atoms with Gasteiger partial charge in [-0.15, -0.1) is 0 Å². The molecule has 1 aromatic carbocycles. The van der Waals surface area contributed by atoms with E-state index in [1.807, 2.05) is 25.2 Å². The summed E-state index contributed by atoms with van der Waals surface area (Å²) in [5.74, 6) is -1.47. The van der Waals surface area contributed by atoms with Crippen molar-refractivity contribution in [3.63, 3.8) is 0 Å². The Morgan fingerprint density at radius 3 is 2.78 bits per heavy atom. The number of aromatic nitrogens is 1. The molecule has 144 valence electrons. The zero-order valence-electron chi connectivity index (χ0n) is 15.1. The second kappa shape index (κ2) is 8.08. The Morgan fingerprint density at radius 2 is 2.11 bits per heavy atom. The molecule has 1 heterocycles. The highest BCUT2D eigenvalue weighted by atomic mass is 19.4. The first kappa shape index (κ1) is 19.4. The molecule has 2 N–H and O–H groups in total. The molecule has 1 atom stereocenters. The van der Waals surface area contributed by atoms with Gasteiger partial charge in [-0.25, -0.2) is 0 Å². The van der Waals surface area contributed by atoms with Crippen molar-refractivity contribution >= 4 is 22.4 Å². The highest BCUT2D eigenvalue weighted by molar-refractivity contribution is 5.99. The number of benzene rings is 1. The number of likely N-dealkylation sites (N-methyl/N-ethyl adjacent to an activating group) is 1. The normalized spacial score (nSPS) is 17.6. The maximum absolute atomic E-state index is 12.9. The first-order chi connectivity index (χ1) is 12.9. The van der Waals surface area contributed by atoms with E-state index in [2.05, 4.69) is 15.6 Å². The Labute approximate surface area is 155 Å². The third-order valence-electron chi connectivity index (χ3n) is 4.85. The van der Waals surface area contributed by atoms with E-state index in [1.165, 1.54) is 6.20 Å². The lowest BCUT2D eigenvalue weighted by molar-refractivity contribution is -0.175. The minimum Gasteiger partial charge on any atom is -0.351 e. The molecule has 1 unspecified atom stereocenters. The highest BCUT2D eigenvalue weighted by Crippen LogP contribution is 2.40. The lowest BCUT2D eigenvalue weighted by Crippen LogP contribution is -2.30. The summed E-state index contributed by atoms with van der Waals surface area (Å²) in [5.41, 5.74) is 2.90. The van der Waals surface area contributed by atoms with Crippen LogP contribution >= 0.6 is 0 Å². The van der Waals surface area contributed by atoms with Crippen molar-refractivity contribution in [3.8, 4) is 0 Å². The number of pyridine rings is 1. The fraction of sp³-hybridized carbons (Fsp3) is 0.400. The SMILES string of the molecule is CNCCNC(=O)c1cnc2c(C3=CCC(C(F)(F)F)CC3)cccc2c1. The molecule has 3 rings (SSSR count). The molecule has 0 radical (unpaired) electrons. The monoisotopic (exact) mass is 377 g/mol. The van der Waals surface area contributed by atoms with Crippen molar-refractivity contribution in [2.24, 2.45) is 5.92 Å². The van der Waals surface area contributed by atoms with E-state index in [0.717, 1.165) is 16.5 Å². The Hall–Kier alpha value is -2.41. The number of carbonyl (C=O) groups is 1. The number of nitrogens with zero attached hydrogens (tertiary/aromatic N) is 1. The molecule has 1 aliphatic rings. The van der Waals surface area contributed by atoms with E-state index >= 15 is 0 Å². The van der Waals surface area contributed by atoms with Crippen molar-refractivity contribution < 1.29 is 18.0 Å².